The summed E-state index contributed by atoms with van der Waals surface area (Å²) in [5, 5.41) is 12.7. The quantitative estimate of drug-likeness (QED) is 0.735. The van der Waals surface area contributed by atoms with E-state index in [1.165, 1.54) is 10.4 Å². The van der Waals surface area contributed by atoms with E-state index in [1.807, 2.05) is 30.6 Å². The monoisotopic (exact) mass is 300 g/mol. The summed E-state index contributed by atoms with van der Waals surface area (Å²) in [6.45, 7) is 1.52. The Labute approximate surface area is 127 Å². The van der Waals surface area contributed by atoms with Crippen LogP contribution < -0.4 is 10.1 Å². The van der Waals surface area contributed by atoms with Gasteiger partial charge in [-0.05, 0) is 17.0 Å². The molecule has 6 heteroatoms. The lowest BCUT2D eigenvalue weighted by molar-refractivity contribution is 0.397. The predicted octanol–water partition coefficient (Wildman–Crippen LogP) is 2.83. The number of aromatic nitrogens is 3. The SMILES string of the molecule is COc1ccc(CNCc2cn[nH]c2-c2cccs2)cn1. The molecule has 0 aliphatic carbocycles. The Bertz CT molecular complexity index is 676. The van der Waals surface area contributed by atoms with Crippen LogP contribution in [-0.2, 0) is 13.1 Å². The summed E-state index contributed by atoms with van der Waals surface area (Å²) in [4.78, 5) is 5.40. The van der Waals surface area contributed by atoms with E-state index >= 15 is 0 Å². The van der Waals surface area contributed by atoms with Gasteiger partial charge in [0.15, 0.2) is 0 Å². The van der Waals surface area contributed by atoms with Gasteiger partial charge in [-0.1, -0.05) is 12.1 Å². The summed E-state index contributed by atoms with van der Waals surface area (Å²) in [7, 11) is 1.62. The molecule has 3 heterocycles. The van der Waals surface area contributed by atoms with Crippen molar-refractivity contribution in [1.29, 1.82) is 0 Å². The first kappa shape index (κ1) is 13.8. The molecule has 0 atom stereocenters. The number of thiophene rings is 1. The zero-order valence-corrected chi connectivity index (χ0v) is 12.5. The number of rotatable bonds is 6. The van der Waals surface area contributed by atoms with Gasteiger partial charge in [0.05, 0.1) is 23.9 Å². The van der Waals surface area contributed by atoms with E-state index in [9.17, 15) is 0 Å². The number of pyridine rings is 1. The van der Waals surface area contributed by atoms with E-state index in [4.69, 9.17) is 4.74 Å². The summed E-state index contributed by atoms with van der Waals surface area (Å²) >= 11 is 1.71. The Hall–Kier alpha value is -2.18. The Morgan fingerprint density at radius 2 is 2.19 bits per heavy atom. The number of hydrogen-bond donors (Lipinski definition) is 2. The molecule has 0 fully saturated rings. The molecule has 108 valence electrons. The number of ether oxygens (including phenoxy) is 1. The molecule has 0 saturated heterocycles. The molecule has 0 bridgehead atoms. The molecular weight excluding hydrogens is 284 g/mol. The van der Waals surface area contributed by atoms with E-state index in [0.29, 0.717) is 5.88 Å². The molecule has 2 N–H and O–H groups in total. The normalized spacial score (nSPS) is 10.7. The molecule has 0 spiro atoms. The van der Waals surface area contributed by atoms with E-state index < -0.39 is 0 Å². The molecule has 3 aromatic heterocycles. The highest BCUT2D eigenvalue weighted by Crippen LogP contribution is 2.25. The van der Waals surface area contributed by atoms with Crippen LogP contribution >= 0.6 is 11.3 Å². The van der Waals surface area contributed by atoms with Gasteiger partial charge in [-0.15, -0.1) is 11.3 Å². The van der Waals surface area contributed by atoms with Crippen molar-refractivity contribution in [3.8, 4) is 16.5 Å². The van der Waals surface area contributed by atoms with Gasteiger partial charge in [0.25, 0.3) is 0 Å². The van der Waals surface area contributed by atoms with Crippen molar-refractivity contribution >= 4 is 11.3 Å². The lowest BCUT2D eigenvalue weighted by Crippen LogP contribution is -2.13. The minimum atomic E-state index is 0.633. The van der Waals surface area contributed by atoms with E-state index in [2.05, 4.69) is 31.9 Å². The number of hydrogen-bond acceptors (Lipinski definition) is 5. The zero-order chi connectivity index (χ0) is 14.5. The maximum Gasteiger partial charge on any atom is 0.212 e. The van der Waals surface area contributed by atoms with Crippen LogP contribution in [0.25, 0.3) is 10.6 Å². The molecule has 0 amide bonds. The fourth-order valence-corrected chi connectivity index (χ4v) is 2.81. The van der Waals surface area contributed by atoms with Gasteiger partial charge in [0.2, 0.25) is 5.88 Å². The molecule has 0 aromatic carbocycles. The van der Waals surface area contributed by atoms with Crippen molar-refractivity contribution in [2.45, 2.75) is 13.1 Å². The van der Waals surface area contributed by atoms with Crippen molar-refractivity contribution < 1.29 is 4.74 Å². The number of methoxy groups -OCH3 is 1. The standard InChI is InChI=1S/C15H16N4OS/c1-20-14-5-4-11(8-17-14)7-16-9-12-10-18-19-15(12)13-3-2-6-21-13/h2-6,8,10,16H,7,9H2,1H3,(H,18,19). The first-order valence-electron chi connectivity index (χ1n) is 6.62. The highest BCUT2D eigenvalue weighted by atomic mass is 32.1. The van der Waals surface area contributed by atoms with Gasteiger partial charge in [0, 0.05) is 30.9 Å². The maximum absolute atomic E-state index is 5.05. The summed E-state index contributed by atoms with van der Waals surface area (Å²) < 4.78 is 5.05. The third kappa shape index (κ3) is 3.29. The Morgan fingerprint density at radius 3 is 2.90 bits per heavy atom. The highest BCUT2D eigenvalue weighted by Gasteiger charge is 2.08. The molecule has 0 unspecified atom stereocenters. The van der Waals surface area contributed by atoms with Crippen LogP contribution in [0.4, 0.5) is 0 Å². The third-order valence-electron chi connectivity index (χ3n) is 3.14. The van der Waals surface area contributed by atoms with E-state index in [-0.39, 0.29) is 0 Å². The number of nitrogens with zero attached hydrogens (tertiary/aromatic N) is 2. The number of aromatic amines is 1. The van der Waals surface area contributed by atoms with Crippen LogP contribution in [0.15, 0.2) is 42.0 Å². The van der Waals surface area contributed by atoms with Crippen molar-refractivity contribution in [2.75, 3.05) is 7.11 Å². The molecule has 0 saturated carbocycles. The van der Waals surface area contributed by atoms with Crippen LogP contribution in [0.5, 0.6) is 5.88 Å². The topological polar surface area (TPSA) is 62.8 Å². The first-order valence-corrected chi connectivity index (χ1v) is 7.50. The average Bonchev–Trinajstić information content (AvgIpc) is 3.18. The van der Waals surface area contributed by atoms with Gasteiger partial charge in [-0.3, -0.25) is 5.10 Å². The lowest BCUT2D eigenvalue weighted by atomic mass is 10.2. The molecule has 0 radical (unpaired) electrons. The second kappa shape index (κ2) is 6.51. The molecule has 3 rings (SSSR count). The molecule has 5 nitrogen and oxygen atoms in total. The minimum Gasteiger partial charge on any atom is -0.481 e. The molecule has 3 aromatic rings. The second-order valence-electron chi connectivity index (χ2n) is 4.56. The number of H-pyrrole nitrogens is 1. The fourth-order valence-electron chi connectivity index (χ4n) is 2.06. The van der Waals surface area contributed by atoms with Gasteiger partial charge in [0.1, 0.15) is 0 Å². The average molecular weight is 300 g/mol. The first-order chi connectivity index (χ1) is 10.4. The van der Waals surface area contributed by atoms with E-state index in [1.54, 1.807) is 18.4 Å². The van der Waals surface area contributed by atoms with Crippen LogP contribution in [0.1, 0.15) is 11.1 Å². The molecule has 21 heavy (non-hydrogen) atoms. The predicted molar refractivity (Wildman–Crippen MR) is 83.2 cm³/mol. The van der Waals surface area contributed by atoms with E-state index in [0.717, 1.165) is 24.3 Å². The van der Waals surface area contributed by atoms with Crippen molar-refractivity contribution in [3.05, 3.63) is 53.2 Å². The van der Waals surface area contributed by atoms with Gasteiger partial charge in [-0.25, -0.2) is 4.98 Å². The van der Waals surface area contributed by atoms with Crippen molar-refractivity contribution in [3.63, 3.8) is 0 Å². The third-order valence-corrected chi connectivity index (χ3v) is 4.02. The summed E-state index contributed by atoms with van der Waals surface area (Å²) in [5.41, 5.74) is 3.38. The van der Waals surface area contributed by atoms with Crippen molar-refractivity contribution in [2.24, 2.45) is 0 Å². The van der Waals surface area contributed by atoms with Crippen LogP contribution in [0.3, 0.4) is 0 Å². The Balaban J connectivity index is 1.59. The fraction of sp³-hybridized carbons (Fsp3) is 0.200. The number of nitrogens with one attached hydrogen (secondary N) is 2. The van der Waals surface area contributed by atoms with Gasteiger partial charge < -0.3 is 10.1 Å². The summed E-state index contributed by atoms with van der Waals surface area (Å²) in [6, 6.07) is 8.01. The second-order valence-corrected chi connectivity index (χ2v) is 5.51. The largest absolute Gasteiger partial charge is 0.481 e. The molecule has 0 aliphatic heterocycles. The van der Waals surface area contributed by atoms with Gasteiger partial charge >= 0.3 is 0 Å². The maximum atomic E-state index is 5.05. The minimum absolute atomic E-state index is 0.633. The van der Waals surface area contributed by atoms with Crippen LogP contribution in [0, 0.1) is 0 Å². The molecule has 0 aliphatic rings. The smallest absolute Gasteiger partial charge is 0.212 e. The van der Waals surface area contributed by atoms with Crippen molar-refractivity contribution in [1.82, 2.24) is 20.5 Å². The molecular formula is C15H16N4OS. The highest BCUT2D eigenvalue weighted by molar-refractivity contribution is 7.13. The van der Waals surface area contributed by atoms with Crippen LogP contribution in [0.2, 0.25) is 0 Å². The summed E-state index contributed by atoms with van der Waals surface area (Å²) in [5.74, 6) is 0.633. The van der Waals surface area contributed by atoms with Gasteiger partial charge in [-0.2, -0.15) is 5.10 Å². The Morgan fingerprint density at radius 1 is 1.24 bits per heavy atom. The zero-order valence-electron chi connectivity index (χ0n) is 11.7. The summed E-state index contributed by atoms with van der Waals surface area (Å²) in [6.07, 6.45) is 3.69. The Kier molecular flexibility index (Phi) is 4.28. The lowest BCUT2D eigenvalue weighted by Gasteiger charge is -2.05. The van der Waals surface area contributed by atoms with Crippen LogP contribution in [-0.4, -0.2) is 22.3 Å².